The number of benzene rings is 1. The third-order valence-electron chi connectivity index (χ3n) is 2.40. The molecule has 0 saturated carbocycles. The maximum Gasteiger partial charge on any atom is 0.134 e. The van der Waals surface area contributed by atoms with Crippen molar-refractivity contribution in [2.24, 2.45) is 11.7 Å². The molecule has 2 atom stereocenters. The molecule has 2 N–H and O–H groups in total. The maximum atomic E-state index is 8.81. The van der Waals surface area contributed by atoms with Crippen LogP contribution in [0.1, 0.15) is 13.1 Å². The molecule has 2 rings (SSSR count). The first-order valence-corrected chi connectivity index (χ1v) is 6.07. The molecule has 88 valence electrons. The molecule has 0 bridgehead atoms. The summed E-state index contributed by atoms with van der Waals surface area (Å²) in [5.41, 5.74) is 7.19. The Balaban J connectivity index is 2.52. The zero-order valence-electron chi connectivity index (χ0n) is 8.93. The van der Waals surface area contributed by atoms with Crippen molar-refractivity contribution in [2.45, 2.75) is 13.1 Å². The fraction of sp³-hybridized carbons (Fsp3) is 0.300. The van der Waals surface area contributed by atoms with Crippen molar-refractivity contribution < 1.29 is 0 Å². The van der Waals surface area contributed by atoms with Crippen LogP contribution in [0.15, 0.2) is 16.6 Å². The van der Waals surface area contributed by atoms with Gasteiger partial charge in [0.05, 0.1) is 12.0 Å². The summed E-state index contributed by atoms with van der Waals surface area (Å²) in [5, 5.41) is 17.8. The molecule has 0 spiro atoms. The molecule has 0 radical (unpaired) electrons. The van der Waals surface area contributed by atoms with E-state index in [1.165, 1.54) is 4.80 Å². The number of nitriles is 1. The van der Waals surface area contributed by atoms with Crippen molar-refractivity contribution in [3.63, 3.8) is 0 Å². The van der Waals surface area contributed by atoms with Crippen molar-refractivity contribution >= 4 is 38.6 Å². The smallest absolute Gasteiger partial charge is 0.134 e. The molecule has 0 amide bonds. The van der Waals surface area contributed by atoms with E-state index >= 15 is 0 Å². The fourth-order valence-corrected chi connectivity index (χ4v) is 2.25. The molecule has 1 aromatic carbocycles. The van der Waals surface area contributed by atoms with Gasteiger partial charge in [-0.25, -0.2) is 0 Å². The summed E-state index contributed by atoms with van der Waals surface area (Å²) in [6.45, 7) is 1.72. The van der Waals surface area contributed by atoms with Gasteiger partial charge in [-0.05, 0) is 35.0 Å². The first-order valence-electron chi connectivity index (χ1n) is 4.89. The second kappa shape index (κ2) is 4.61. The first-order chi connectivity index (χ1) is 8.02. The molecule has 0 saturated heterocycles. The van der Waals surface area contributed by atoms with Crippen LogP contribution >= 0.6 is 27.5 Å². The number of fused-ring (bicyclic) bond motifs is 1. The predicted molar refractivity (Wildman–Crippen MR) is 68.2 cm³/mol. The van der Waals surface area contributed by atoms with Crippen LogP contribution in [0.4, 0.5) is 0 Å². The monoisotopic (exact) mass is 313 g/mol. The molecule has 1 aromatic heterocycles. The van der Waals surface area contributed by atoms with Gasteiger partial charge in [0.1, 0.15) is 17.2 Å². The Morgan fingerprint density at radius 2 is 2.24 bits per heavy atom. The summed E-state index contributed by atoms with van der Waals surface area (Å²) in [6.07, 6.45) is -0.571. The van der Waals surface area contributed by atoms with Gasteiger partial charge in [-0.2, -0.15) is 20.3 Å². The Labute approximate surface area is 111 Å². The number of nitrogens with two attached hydrogens (primary N) is 1. The van der Waals surface area contributed by atoms with E-state index in [2.05, 4.69) is 32.2 Å². The van der Waals surface area contributed by atoms with Gasteiger partial charge in [-0.3, -0.25) is 0 Å². The summed E-state index contributed by atoms with van der Waals surface area (Å²) in [5.74, 6) is -0.369. The van der Waals surface area contributed by atoms with Crippen molar-refractivity contribution in [3.05, 3.63) is 21.6 Å². The van der Waals surface area contributed by atoms with E-state index in [-0.39, 0.29) is 5.92 Å². The Bertz CT molecular complexity index is 602. The van der Waals surface area contributed by atoms with Crippen LogP contribution in [0.5, 0.6) is 0 Å². The molecule has 0 aliphatic carbocycles. The quantitative estimate of drug-likeness (QED) is 0.923. The van der Waals surface area contributed by atoms with Crippen molar-refractivity contribution in [3.8, 4) is 6.07 Å². The Morgan fingerprint density at radius 1 is 1.53 bits per heavy atom. The number of aromatic nitrogens is 3. The summed E-state index contributed by atoms with van der Waals surface area (Å²) in [4.78, 5) is 1.35. The van der Waals surface area contributed by atoms with Crippen molar-refractivity contribution in [1.29, 1.82) is 5.26 Å². The summed E-state index contributed by atoms with van der Waals surface area (Å²) < 4.78 is 0.753. The molecule has 1 heterocycles. The zero-order chi connectivity index (χ0) is 12.6. The van der Waals surface area contributed by atoms with E-state index < -0.39 is 6.17 Å². The molecular weight excluding hydrogens is 306 g/mol. The number of rotatable bonds is 2. The number of halogens is 2. The second-order valence-electron chi connectivity index (χ2n) is 3.68. The zero-order valence-corrected chi connectivity index (χ0v) is 11.3. The number of nitrogens with zero attached hydrogens (tertiary/aromatic N) is 4. The van der Waals surface area contributed by atoms with Gasteiger partial charge in [-0.1, -0.05) is 11.6 Å². The lowest BCUT2D eigenvalue weighted by molar-refractivity contribution is 0.355. The first kappa shape index (κ1) is 12.3. The van der Waals surface area contributed by atoms with Crippen LogP contribution in [0.2, 0.25) is 5.02 Å². The highest BCUT2D eigenvalue weighted by molar-refractivity contribution is 9.10. The van der Waals surface area contributed by atoms with Crippen LogP contribution in [0, 0.1) is 17.2 Å². The van der Waals surface area contributed by atoms with Gasteiger partial charge in [0.2, 0.25) is 0 Å². The second-order valence-corrected chi connectivity index (χ2v) is 4.97. The van der Waals surface area contributed by atoms with Gasteiger partial charge in [0.25, 0.3) is 0 Å². The average Bonchev–Trinajstić information content (AvgIpc) is 2.70. The molecule has 2 unspecified atom stereocenters. The van der Waals surface area contributed by atoms with Gasteiger partial charge in [-0.15, -0.1) is 0 Å². The van der Waals surface area contributed by atoms with Crippen molar-refractivity contribution in [1.82, 2.24) is 15.0 Å². The third kappa shape index (κ3) is 2.27. The van der Waals surface area contributed by atoms with E-state index in [9.17, 15) is 0 Å². The molecule has 5 nitrogen and oxygen atoms in total. The Morgan fingerprint density at radius 3 is 2.88 bits per heavy atom. The minimum Gasteiger partial charge on any atom is -0.307 e. The molecule has 7 heteroatoms. The minimum atomic E-state index is -0.571. The lowest BCUT2D eigenvalue weighted by Crippen LogP contribution is -2.26. The van der Waals surface area contributed by atoms with E-state index in [1.54, 1.807) is 19.1 Å². The lowest BCUT2D eigenvalue weighted by Gasteiger charge is -2.11. The Hall–Kier alpha value is -1.16. The molecule has 2 aromatic rings. The van der Waals surface area contributed by atoms with Crippen LogP contribution in [-0.4, -0.2) is 15.0 Å². The standard InChI is InChI=1S/C10H9BrClN5/c1-5(4-13)10(14)17-15-8-3-6(12)2-7(11)9(8)16-17/h2-3,5,10H,14H2,1H3. The van der Waals surface area contributed by atoms with E-state index in [1.807, 2.05) is 0 Å². The number of hydrogen-bond donors (Lipinski definition) is 1. The highest BCUT2D eigenvalue weighted by atomic mass is 79.9. The highest BCUT2D eigenvalue weighted by Gasteiger charge is 2.18. The molecule has 17 heavy (non-hydrogen) atoms. The van der Waals surface area contributed by atoms with E-state index in [0.717, 1.165) is 4.47 Å². The fourth-order valence-electron chi connectivity index (χ4n) is 1.37. The number of hydrogen-bond acceptors (Lipinski definition) is 4. The molecular formula is C10H9BrClN5. The average molecular weight is 315 g/mol. The predicted octanol–water partition coefficient (Wildman–Crippen LogP) is 2.46. The van der Waals surface area contributed by atoms with Crippen LogP contribution < -0.4 is 5.73 Å². The van der Waals surface area contributed by atoms with E-state index in [0.29, 0.717) is 16.1 Å². The SMILES string of the molecule is CC(C#N)C(N)n1nc2cc(Cl)cc(Br)c2n1. The normalized spacial score (nSPS) is 14.5. The van der Waals surface area contributed by atoms with Crippen molar-refractivity contribution in [2.75, 3.05) is 0 Å². The van der Waals surface area contributed by atoms with Crippen LogP contribution in [-0.2, 0) is 0 Å². The van der Waals surface area contributed by atoms with Gasteiger partial charge in [0, 0.05) is 9.50 Å². The lowest BCUT2D eigenvalue weighted by atomic mass is 10.2. The molecule has 0 fully saturated rings. The molecule has 0 aliphatic rings. The largest absolute Gasteiger partial charge is 0.307 e. The minimum absolute atomic E-state index is 0.369. The van der Waals surface area contributed by atoms with Crippen LogP contribution in [0.25, 0.3) is 11.0 Å². The van der Waals surface area contributed by atoms with E-state index in [4.69, 9.17) is 22.6 Å². The van der Waals surface area contributed by atoms with Crippen LogP contribution in [0.3, 0.4) is 0 Å². The van der Waals surface area contributed by atoms with Gasteiger partial charge < -0.3 is 5.73 Å². The molecule has 0 aliphatic heterocycles. The van der Waals surface area contributed by atoms with Gasteiger partial charge >= 0.3 is 0 Å². The van der Waals surface area contributed by atoms with Gasteiger partial charge in [0.15, 0.2) is 0 Å². The Kier molecular flexibility index (Phi) is 3.33. The summed E-state index contributed by atoms with van der Waals surface area (Å²) >= 11 is 9.27. The summed E-state index contributed by atoms with van der Waals surface area (Å²) in [6, 6.07) is 5.51. The topological polar surface area (TPSA) is 80.5 Å². The third-order valence-corrected chi connectivity index (χ3v) is 3.23. The summed E-state index contributed by atoms with van der Waals surface area (Å²) in [7, 11) is 0. The maximum absolute atomic E-state index is 8.81. The highest BCUT2D eigenvalue weighted by Crippen LogP contribution is 2.26.